The molecule has 0 aromatic heterocycles. The summed E-state index contributed by atoms with van der Waals surface area (Å²) in [6, 6.07) is -0.849. The molecule has 0 saturated heterocycles. The molecule has 1 atom stereocenters. The van der Waals surface area contributed by atoms with Gasteiger partial charge in [0, 0.05) is 20.8 Å². The zero-order valence-electron chi connectivity index (χ0n) is 10.8. The second-order valence-electron chi connectivity index (χ2n) is 3.80. The SMILES string of the molecule is CNC(=O)NC(=O)C(C)NCCCCCOC. The van der Waals surface area contributed by atoms with Crippen molar-refractivity contribution in [1.29, 1.82) is 0 Å². The molecule has 0 fully saturated rings. The van der Waals surface area contributed by atoms with E-state index >= 15 is 0 Å². The monoisotopic (exact) mass is 245 g/mol. The van der Waals surface area contributed by atoms with Crippen LogP contribution in [0, 0.1) is 0 Å². The Morgan fingerprint density at radius 2 is 1.94 bits per heavy atom. The number of carbonyl (C=O) groups is 2. The van der Waals surface area contributed by atoms with Crippen molar-refractivity contribution in [3.63, 3.8) is 0 Å². The molecule has 100 valence electrons. The number of ether oxygens (including phenoxy) is 1. The third-order valence-corrected chi connectivity index (χ3v) is 2.33. The lowest BCUT2D eigenvalue weighted by Gasteiger charge is -2.12. The topological polar surface area (TPSA) is 79.5 Å². The fourth-order valence-corrected chi connectivity index (χ4v) is 1.24. The third-order valence-electron chi connectivity index (χ3n) is 2.33. The molecule has 0 heterocycles. The van der Waals surface area contributed by atoms with Gasteiger partial charge in [0.2, 0.25) is 5.91 Å². The van der Waals surface area contributed by atoms with Crippen molar-refractivity contribution < 1.29 is 14.3 Å². The van der Waals surface area contributed by atoms with Crippen LogP contribution in [0.1, 0.15) is 26.2 Å². The number of hydrogen-bond acceptors (Lipinski definition) is 4. The summed E-state index contributed by atoms with van der Waals surface area (Å²) in [6.07, 6.45) is 3.07. The molecule has 0 saturated carbocycles. The zero-order chi connectivity index (χ0) is 13.1. The molecule has 3 N–H and O–H groups in total. The molecule has 0 bridgehead atoms. The standard InChI is InChI=1S/C11H23N3O3/c1-9(10(15)14-11(16)12-2)13-7-5-4-6-8-17-3/h9,13H,4-8H2,1-3H3,(H2,12,14,15,16). The van der Waals surface area contributed by atoms with Gasteiger partial charge in [-0.1, -0.05) is 0 Å². The van der Waals surface area contributed by atoms with E-state index in [4.69, 9.17) is 4.74 Å². The van der Waals surface area contributed by atoms with Crippen molar-refractivity contribution >= 4 is 11.9 Å². The van der Waals surface area contributed by atoms with Gasteiger partial charge < -0.3 is 15.4 Å². The highest BCUT2D eigenvalue weighted by molar-refractivity contribution is 5.96. The van der Waals surface area contributed by atoms with Gasteiger partial charge in [-0.05, 0) is 32.7 Å². The second-order valence-corrected chi connectivity index (χ2v) is 3.80. The fourth-order valence-electron chi connectivity index (χ4n) is 1.24. The van der Waals surface area contributed by atoms with Crippen molar-refractivity contribution in [3.8, 4) is 0 Å². The number of carbonyl (C=O) groups excluding carboxylic acids is 2. The maximum atomic E-state index is 11.4. The Bertz CT molecular complexity index is 234. The van der Waals surface area contributed by atoms with Crippen LogP contribution < -0.4 is 16.0 Å². The van der Waals surface area contributed by atoms with E-state index in [0.29, 0.717) is 0 Å². The second kappa shape index (κ2) is 10.0. The average molecular weight is 245 g/mol. The largest absolute Gasteiger partial charge is 0.385 e. The molecule has 0 aliphatic rings. The van der Waals surface area contributed by atoms with Crippen molar-refractivity contribution in [1.82, 2.24) is 16.0 Å². The Morgan fingerprint density at radius 3 is 2.53 bits per heavy atom. The van der Waals surface area contributed by atoms with Crippen LogP contribution >= 0.6 is 0 Å². The van der Waals surface area contributed by atoms with Crippen LogP contribution in [0.15, 0.2) is 0 Å². The molecular weight excluding hydrogens is 222 g/mol. The number of unbranched alkanes of at least 4 members (excludes halogenated alkanes) is 2. The molecule has 17 heavy (non-hydrogen) atoms. The number of amides is 3. The Kier molecular flexibility index (Phi) is 9.37. The molecule has 6 heteroatoms. The summed E-state index contributed by atoms with van der Waals surface area (Å²) >= 11 is 0. The normalized spacial score (nSPS) is 11.9. The smallest absolute Gasteiger partial charge is 0.321 e. The van der Waals surface area contributed by atoms with Gasteiger partial charge in [-0.3, -0.25) is 10.1 Å². The van der Waals surface area contributed by atoms with Gasteiger partial charge in [0.15, 0.2) is 0 Å². The first-order chi connectivity index (χ1) is 8.11. The molecule has 0 aliphatic carbocycles. The van der Waals surface area contributed by atoms with E-state index in [0.717, 1.165) is 32.4 Å². The first-order valence-corrected chi connectivity index (χ1v) is 5.86. The first kappa shape index (κ1) is 15.9. The lowest BCUT2D eigenvalue weighted by Crippen LogP contribution is -2.47. The van der Waals surface area contributed by atoms with E-state index in [1.54, 1.807) is 14.0 Å². The predicted octanol–water partition coefficient (Wildman–Crippen LogP) is 0.237. The third kappa shape index (κ3) is 8.65. The Hall–Kier alpha value is -1.14. The van der Waals surface area contributed by atoms with Gasteiger partial charge >= 0.3 is 6.03 Å². The Balaban J connectivity index is 3.54. The zero-order valence-corrected chi connectivity index (χ0v) is 10.8. The van der Waals surface area contributed by atoms with Gasteiger partial charge in [0.05, 0.1) is 6.04 Å². The molecule has 1 unspecified atom stereocenters. The quantitative estimate of drug-likeness (QED) is 0.535. The van der Waals surface area contributed by atoms with E-state index in [1.807, 2.05) is 0 Å². The van der Waals surface area contributed by atoms with Crippen LogP contribution in [0.3, 0.4) is 0 Å². The van der Waals surface area contributed by atoms with E-state index in [1.165, 1.54) is 7.05 Å². The summed E-state index contributed by atoms with van der Waals surface area (Å²) in [5.74, 6) is -0.318. The number of methoxy groups -OCH3 is 1. The Labute approximate surface area is 102 Å². The van der Waals surface area contributed by atoms with Crippen LogP contribution in [0.25, 0.3) is 0 Å². The molecular formula is C11H23N3O3. The van der Waals surface area contributed by atoms with Gasteiger partial charge in [-0.15, -0.1) is 0 Å². The summed E-state index contributed by atoms with van der Waals surface area (Å²) in [4.78, 5) is 22.3. The van der Waals surface area contributed by atoms with Gasteiger partial charge in [-0.2, -0.15) is 0 Å². The highest BCUT2D eigenvalue weighted by atomic mass is 16.5. The highest BCUT2D eigenvalue weighted by Crippen LogP contribution is 1.94. The van der Waals surface area contributed by atoms with Crippen molar-refractivity contribution in [2.24, 2.45) is 0 Å². The van der Waals surface area contributed by atoms with Crippen LogP contribution in [-0.2, 0) is 9.53 Å². The minimum absolute atomic E-state index is 0.318. The van der Waals surface area contributed by atoms with Gasteiger partial charge in [-0.25, -0.2) is 4.79 Å². The molecule has 0 rings (SSSR count). The van der Waals surface area contributed by atoms with E-state index in [9.17, 15) is 9.59 Å². The Morgan fingerprint density at radius 1 is 1.24 bits per heavy atom. The summed E-state index contributed by atoms with van der Waals surface area (Å²) in [5.41, 5.74) is 0. The number of nitrogens with one attached hydrogen (secondary N) is 3. The summed E-state index contributed by atoms with van der Waals surface area (Å²) in [6.45, 7) is 3.26. The van der Waals surface area contributed by atoms with E-state index < -0.39 is 6.03 Å². The molecule has 0 aliphatic heterocycles. The van der Waals surface area contributed by atoms with Gasteiger partial charge in [0.1, 0.15) is 0 Å². The number of rotatable bonds is 8. The van der Waals surface area contributed by atoms with Crippen molar-refractivity contribution in [2.75, 3.05) is 27.3 Å². The fraction of sp³-hybridized carbons (Fsp3) is 0.818. The molecule has 3 amide bonds. The number of hydrogen-bond donors (Lipinski definition) is 3. The highest BCUT2D eigenvalue weighted by Gasteiger charge is 2.13. The first-order valence-electron chi connectivity index (χ1n) is 5.86. The van der Waals surface area contributed by atoms with Crippen molar-refractivity contribution in [2.45, 2.75) is 32.2 Å². The summed E-state index contributed by atoms with van der Waals surface area (Å²) in [7, 11) is 3.15. The van der Waals surface area contributed by atoms with Crippen molar-refractivity contribution in [3.05, 3.63) is 0 Å². The van der Waals surface area contributed by atoms with E-state index in [-0.39, 0.29) is 11.9 Å². The van der Waals surface area contributed by atoms with Crippen LogP contribution in [0.5, 0.6) is 0 Å². The molecule has 0 spiro atoms. The van der Waals surface area contributed by atoms with Crippen LogP contribution in [0.4, 0.5) is 4.79 Å². The number of urea groups is 1. The summed E-state index contributed by atoms with van der Waals surface area (Å²) < 4.78 is 4.93. The maximum absolute atomic E-state index is 11.4. The minimum atomic E-state index is -0.483. The summed E-state index contributed by atoms with van der Waals surface area (Å²) in [5, 5.41) is 7.60. The van der Waals surface area contributed by atoms with E-state index in [2.05, 4.69) is 16.0 Å². The average Bonchev–Trinajstić information content (AvgIpc) is 2.32. The molecule has 6 nitrogen and oxygen atoms in total. The number of imide groups is 1. The maximum Gasteiger partial charge on any atom is 0.321 e. The molecule has 0 aromatic carbocycles. The minimum Gasteiger partial charge on any atom is -0.385 e. The van der Waals surface area contributed by atoms with Crippen LogP contribution in [0.2, 0.25) is 0 Å². The van der Waals surface area contributed by atoms with Gasteiger partial charge in [0.25, 0.3) is 0 Å². The lowest BCUT2D eigenvalue weighted by molar-refractivity contribution is -0.121. The predicted molar refractivity (Wildman–Crippen MR) is 65.8 cm³/mol. The molecule has 0 aromatic rings. The molecule has 0 radical (unpaired) electrons. The lowest BCUT2D eigenvalue weighted by atomic mass is 10.2. The van der Waals surface area contributed by atoms with Crippen LogP contribution in [-0.4, -0.2) is 45.3 Å².